The lowest BCUT2D eigenvalue weighted by molar-refractivity contribution is -0.123. The number of carbonyl (C=O) groups excluding carboxylic acids is 1. The summed E-state index contributed by atoms with van der Waals surface area (Å²) in [6.07, 6.45) is 1.64. The van der Waals surface area contributed by atoms with Crippen LogP contribution in [-0.4, -0.2) is 43.5 Å². The fourth-order valence-electron chi connectivity index (χ4n) is 0.755. The molecule has 0 bridgehead atoms. The number of carbonyl (C=O) groups is 1. The number of Topliss-reactive ketones (excluding diaryl/α,β-unsaturated/α-hetero) is 1. The van der Waals surface area contributed by atoms with E-state index in [-0.39, 0.29) is 0 Å². The van der Waals surface area contributed by atoms with Crippen LogP contribution in [0.15, 0.2) is 0 Å². The molecule has 66 valence electrons. The molecular weight excluding hydrogens is 140 g/mol. The largest absolute Gasteiger partial charge is 0.298 e. The summed E-state index contributed by atoms with van der Waals surface area (Å²) in [5.41, 5.74) is 0. The normalized spacial score (nSPS) is 11.1. The molecule has 0 aromatic heterocycles. The number of ketones is 1. The molecule has 0 saturated heterocycles. The SMILES string of the molecule is CCCC(=O)CN(C)N(C)C. The van der Waals surface area contributed by atoms with Gasteiger partial charge in [-0.25, -0.2) is 10.0 Å². The van der Waals surface area contributed by atoms with Crippen LogP contribution < -0.4 is 0 Å². The summed E-state index contributed by atoms with van der Waals surface area (Å²) >= 11 is 0. The van der Waals surface area contributed by atoms with E-state index in [1.54, 1.807) is 0 Å². The van der Waals surface area contributed by atoms with Crippen LogP contribution in [0.1, 0.15) is 19.8 Å². The van der Waals surface area contributed by atoms with E-state index in [9.17, 15) is 4.79 Å². The minimum atomic E-state index is 0.309. The van der Waals surface area contributed by atoms with Gasteiger partial charge in [-0.3, -0.25) is 4.79 Å². The Hall–Kier alpha value is -0.410. The third-order valence-electron chi connectivity index (χ3n) is 1.62. The molecule has 0 aromatic carbocycles. The van der Waals surface area contributed by atoms with Crippen molar-refractivity contribution in [2.75, 3.05) is 27.7 Å². The van der Waals surface area contributed by atoms with Gasteiger partial charge in [-0.15, -0.1) is 0 Å². The quantitative estimate of drug-likeness (QED) is 0.552. The first-order chi connectivity index (χ1) is 5.07. The Morgan fingerprint density at radius 2 is 1.82 bits per heavy atom. The van der Waals surface area contributed by atoms with E-state index in [1.165, 1.54) is 0 Å². The van der Waals surface area contributed by atoms with E-state index < -0.39 is 0 Å². The molecule has 0 aliphatic rings. The zero-order valence-corrected chi connectivity index (χ0v) is 7.92. The average molecular weight is 158 g/mol. The van der Waals surface area contributed by atoms with Crippen LogP contribution in [0.5, 0.6) is 0 Å². The van der Waals surface area contributed by atoms with E-state index in [0.29, 0.717) is 18.7 Å². The Morgan fingerprint density at radius 3 is 2.18 bits per heavy atom. The second kappa shape index (κ2) is 5.27. The van der Waals surface area contributed by atoms with Gasteiger partial charge in [-0.1, -0.05) is 6.92 Å². The second-order valence-corrected chi connectivity index (χ2v) is 2.95. The van der Waals surface area contributed by atoms with Gasteiger partial charge in [0.05, 0.1) is 6.54 Å². The van der Waals surface area contributed by atoms with Crippen molar-refractivity contribution in [1.82, 2.24) is 10.0 Å². The molecule has 0 saturated carbocycles. The topological polar surface area (TPSA) is 23.6 Å². The van der Waals surface area contributed by atoms with Gasteiger partial charge in [-0.2, -0.15) is 0 Å². The molecule has 0 rings (SSSR count). The van der Waals surface area contributed by atoms with Crippen molar-refractivity contribution in [2.24, 2.45) is 0 Å². The predicted octanol–water partition coefficient (Wildman–Crippen LogP) is 0.764. The lowest BCUT2D eigenvalue weighted by atomic mass is 10.2. The number of hydrogen-bond acceptors (Lipinski definition) is 3. The summed E-state index contributed by atoms with van der Waals surface area (Å²) in [6.45, 7) is 2.55. The minimum absolute atomic E-state index is 0.309. The molecule has 0 aliphatic heterocycles. The fourth-order valence-corrected chi connectivity index (χ4v) is 0.755. The standard InChI is InChI=1S/C8H18N2O/c1-5-6-8(11)7-10(4)9(2)3/h5-7H2,1-4H3. The monoisotopic (exact) mass is 158 g/mol. The van der Waals surface area contributed by atoms with E-state index in [4.69, 9.17) is 0 Å². The molecule has 0 aliphatic carbocycles. The second-order valence-electron chi connectivity index (χ2n) is 2.95. The van der Waals surface area contributed by atoms with E-state index in [2.05, 4.69) is 0 Å². The first-order valence-corrected chi connectivity index (χ1v) is 3.98. The Kier molecular flexibility index (Phi) is 5.07. The fraction of sp³-hybridized carbons (Fsp3) is 0.875. The van der Waals surface area contributed by atoms with Gasteiger partial charge in [0.15, 0.2) is 0 Å². The third-order valence-corrected chi connectivity index (χ3v) is 1.62. The highest BCUT2D eigenvalue weighted by atomic mass is 16.1. The lowest BCUT2D eigenvalue weighted by Crippen LogP contribution is -2.37. The zero-order valence-electron chi connectivity index (χ0n) is 7.92. The first kappa shape index (κ1) is 10.6. The number of nitrogens with zero attached hydrogens (tertiary/aromatic N) is 2. The molecule has 11 heavy (non-hydrogen) atoms. The zero-order chi connectivity index (χ0) is 8.85. The lowest BCUT2D eigenvalue weighted by Gasteiger charge is -2.22. The van der Waals surface area contributed by atoms with Crippen LogP contribution in [0.25, 0.3) is 0 Å². The predicted molar refractivity (Wildman–Crippen MR) is 46.2 cm³/mol. The number of likely N-dealkylation sites (N-methyl/N-ethyl adjacent to an activating group) is 1. The molecule has 0 heterocycles. The van der Waals surface area contributed by atoms with Crippen molar-refractivity contribution in [3.63, 3.8) is 0 Å². The van der Waals surface area contributed by atoms with Crippen molar-refractivity contribution < 1.29 is 4.79 Å². The molecule has 0 spiro atoms. The highest BCUT2D eigenvalue weighted by Crippen LogP contribution is 1.92. The van der Waals surface area contributed by atoms with Gasteiger partial charge in [0.2, 0.25) is 0 Å². The molecule has 0 fully saturated rings. The van der Waals surface area contributed by atoms with Crippen LogP contribution in [0.4, 0.5) is 0 Å². The van der Waals surface area contributed by atoms with Crippen LogP contribution in [0.3, 0.4) is 0 Å². The number of hydrogen-bond donors (Lipinski definition) is 0. The van der Waals surface area contributed by atoms with Gasteiger partial charge in [0.25, 0.3) is 0 Å². The minimum Gasteiger partial charge on any atom is -0.298 e. The summed E-state index contributed by atoms with van der Waals surface area (Å²) in [6, 6.07) is 0. The molecular formula is C8H18N2O. The Balaban J connectivity index is 3.57. The van der Waals surface area contributed by atoms with Gasteiger partial charge >= 0.3 is 0 Å². The van der Waals surface area contributed by atoms with E-state index in [1.807, 2.05) is 38.1 Å². The first-order valence-electron chi connectivity index (χ1n) is 3.98. The van der Waals surface area contributed by atoms with Gasteiger partial charge in [-0.05, 0) is 6.42 Å². The van der Waals surface area contributed by atoms with Gasteiger partial charge < -0.3 is 0 Å². The number of hydrazine groups is 1. The summed E-state index contributed by atoms with van der Waals surface area (Å²) < 4.78 is 0. The molecule has 0 aromatic rings. The maximum Gasteiger partial charge on any atom is 0.148 e. The molecule has 3 heteroatoms. The highest BCUT2D eigenvalue weighted by Gasteiger charge is 2.05. The average Bonchev–Trinajstić information content (AvgIpc) is 1.87. The highest BCUT2D eigenvalue weighted by molar-refractivity contribution is 5.80. The van der Waals surface area contributed by atoms with Crippen molar-refractivity contribution in [1.29, 1.82) is 0 Å². The van der Waals surface area contributed by atoms with Crippen molar-refractivity contribution in [3.05, 3.63) is 0 Å². The summed E-state index contributed by atoms with van der Waals surface area (Å²) in [4.78, 5) is 11.1. The summed E-state index contributed by atoms with van der Waals surface area (Å²) in [5, 5.41) is 3.81. The Labute approximate surface area is 68.9 Å². The van der Waals surface area contributed by atoms with Crippen LogP contribution in [0.2, 0.25) is 0 Å². The van der Waals surface area contributed by atoms with Crippen LogP contribution in [-0.2, 0) is 4.79 Å². The van der Waals surface area contributed by atoms with Crippen molar-refractivity contribution >= 4 is 5.78 Å². The maximum atomic E-state index is 11.1. The Morgan fingerprint density at radius 1 is 1.27 bits per heavy atom. The summed E-state index contributed by atoms with van der Waals surface area (Å²) in [5.74, 6) is 0.309. The van der Waals surface area contributed by atoms with E-state index in [0.717, 1.165) is 6.42 Å². The molecule has 0 atom stereocenters. The van der Waals surface area contributed by atoms with Crippen molar-refractivity contribution in [3.8, 4) is 0 Å². The summed E-state index contributed by atoms with van der Waals surface area (Å²) in [7, 11) is 5.77. The Bertz CT molecular complexity index is 123. The smallest absolute Gasteiger partial charge is 0.148 e. The van der Waals surface area contributed by atoms with Crippen LogP contribution >= 0.6 is 0 Å². The number of rotatable bonds is 5. The van der Waals surface area contributed by atoms with Crippen molar-refractivity contribution in [2.45, 2.75) is 19.8 Å². The molecule has 0 amide bonds. The maximum absolute atomic E-state index is 11.1. The molecule has 0 N–H and O–H groups in total. The third kappa shape index (κ3) is 4.93. The molecule has 3 nitrogen and oxygen atoms in total. The molecule has 0 radical (unpaired) electrons. The van der Waals surface area contributed by atoms with E-state index >= 15 is 0 Å². The van der Waals surface area contributed by atoms with Crippen LogP contribution in [0, 0.1) is 0 Å². The molecule has 0 unspecified atom stereocenters. The van der Waals surface area contributed by atoms with Gasteiger partial charge in [0, 0.05) is 27.6 Å². The van der Waals surface area contributed by atoms with Gasteiger partial charge in [0.1, 0.15) is 5.78 Å².